The van der Waals surface area contributed by atoms with Crippen LogP contribution in [0.2, 0.25) is 0 Å². The molecular weight excluding hydrogens is 195 g/mol. The molecule has 5 nitrogen and oxygen atoms in total. The van der Waals surface area contributed by atoms with Crippen LogP contribution in [-0.2, 0) is 13.9 Å². The summed E-state index contributed by atoms with van der Waals surface area (Å²) in [5, 5.41) is 8.07. The number of unbranched alkanes of at least 4 members (excludes halogenated alkanes) is 1. The minimum atomic E-state index is -2.80. The smallest absolute Gasteiger partial charge is 0.479 e. The Kier molecular flexibility index (Phi) is 11.0. The quantitative estimate of drug-likeness (QED) is 0.694. The van der Waals surface area contributed by atoms with Crippen molar-refractivity contribution in [3.8, 4) is 0 Å². The summed E-state index contributed by atoms with van der Waals surface area (Å²) in [5.74, 6) is -1.26. The molecule has 0 spiro atoms. The lowest BCUT2D eigenvalue weighted by molar-refractivity contribution is -0.144. The average molecular weight is 211 g/mol. The molecule has 6 heteroatoms. The van der Waals surface area contributed by atoms with Crippen LogP contribution in [0.3, 0.4) is 0 Å². The molecule has 2 atom stereocenters. The Labute approximate surface area is 78.7 Å². The van der Waals surface area contributed by atoms with Crippen molar-refractivity contribution in [3.63, 3.8) is 0 Å². The highest BCUT2D eigenvalue weighted by atomic mass is 31.1. The molecule has 0 aliphatic heterocycles. The molecule has 13 heavy (non-hydrogen) atoms. The summed E-state index contributed by atoms with van der Waals surface area (Å²) in [6.45, 7) is 5.53. The number of carboxylic acid groups (broad SMARTS) is 1. The van der Waals surface area contributed by atoms with Gasteiger partial charge in [-0.25, -0.2) is 4.79 Å². The summed E-state index contributed by atoms with van der Waals surface area (Å²) in [7, 11) is -2.80. The van der Waals surface area contributed by atoms with Gasteiger partial charge in [0.2, 0.25) is 6.10 Å². The molecule has 2 N–H and O–H groups in total. The number of hydrogen-bond donors (Lipinski definition) is 2. The minimum Gasteiger partial charge on any atom is -0.479 e. The molecule has 0 heterocycles. The van der Waals surface area contributed by atoms with Crippen molar-refractivity contribution in [1.82, 2.24) is 0 Å². The first-order chi connectivity index (χ1) is 5.95. The van der Waals surface area contributed by atoms with E-state index in [1.54, 1.807) is 0 Å². The molecule has 0 radical (unpaired) electrons. The van der Waals surface area contributed by atoms with E-state index in [9.17, 15) is 9.36 Å². The lowest BCUT2D eigenvalue weighted by Crippen LogP contribution is -2.16. The van der Waals surface area contributed by atoms with Crippen molar-refractivity contribution in [1.29, 1.82) is 0 Å². The fourth-order valence-electron chi connectivity index (χ4n) is 0.180. The third-order valence-corrected chi connectivity index (χ3v) is 1.59. The number of rotatable bonds is 4. The van der Waals surface area contributed by atoms with Crippen LogP contribution in [0, 0.1) is 0 Å². The van der Waals surface area contributed by atoms with E-state index in [0.717, 1.165) is 0 Å². The first-order valence-corrected chi connectivity index (χ1v) is 5.14. The van der Waals surface area contributed by atoms with Gasteiger partial charge in [0, 0.05) is 4.57 Å². The van der Waals surface area contributed by atoms with E-state index in [1.165, 1.54) is 19.8 Å². The molecule has 0 fully saturated rings. The summed E-state index contributed by atoms with van der Waals surface area (Å²) in [5.41, 5.74) is 0. The lowest BCUT2D eigenvalue weighted by Gasteiger charge is -1.91. The van der Waals surface area contributed by atoms with Gasteiger partial charge in [-0.1, -0.05) is 26.7 Å². The molecule has 0 aromatic rings. The van der Waals surface area contributed by atoms with Crippen LogP contribution in [0.5, 0.6) is 0 Å². The van der Waals surface area contributed by atoms with Crippen molar-refractivity contribution in [2.75, 3.05) is 0 Å². The fraction of sp³-hybridized carbons (Fsp3) is 0.857. The van der Waals surface area contributed by atoms with Crippen LogP contribution < -0.4 is 0 Å². The SMILES string of the molecule is CC(O[P+](=O)O)C(=O)O.CCCC. The second-order valence-corrected chi connectivity index (χ2v) is 3.01. The summed E-state index contributed by atoms with van der Waals surface area (Å²) < 4.78 is 13.8. The highest BCUT2D eigenvalue weighted by Gasteiger charge is 2.24. The number of aliphatic carboxylic acids is 1. The normalized spacial score (nSPS) is 12.5. The van der Waals surface area contributed by atoms with Crippen LogP contribution in [0.1, 0.15) is 33.6 Å². The molecule has 0 saturated heterocycles. The van der Waals surface area contributed by atoms with E-state index in [4.69, 9.17) is 10.00 Å². The number of carbonyl (C=O) groups is 1. The monoisotopic (exact) mass is 211 g/mol. The van der Waals surface area contributed by atoms with Crippen LogP contribution in [0.25, 0.3) is 0 Å². The predicted molar refractivity (Wildman–Crippen MR) is 48.6 cm³/mol. The molecule has 0 bridgehead atoms. The first-order valence-electron chi connectivity index (χ1n) is 4.01. The van der Waals surface area contributed by atoms with Crippen molar-refractivity contribution >= 4 is 14.2 Å². The number of carboxylic acids is 1. The molecule has 78 valence electrons. The van der Waals surface area contributed by atoms with E-state index in [1.807, 2.05) is 0 Å². The van der Waals surface area contributed by atoms with Gasteiger partial charge in [0.15, 0.2) is 0 Å². The van der Waals surface area contributed by atoms with Crippen LogP contribution in [0.15, 0.2) is 0 Å². The van der Waals surface area contributed by atoms with Gasteiger partial charge in [-0.3, -0.25) is 0 Å². The van der Waals surface area contributed by atoms with E-state index in [-0.39, 0.29) is 0 Å². The van der Waals surface area contributed by atoms with Crippen molar-refractivity contribution in [2.45, 2.75) is 39.7 Å². The fourth-order valence-corrected chi connectivity index (χ4v) is 0.541. The number of hydrogen-bond acceptors (Lipinski definition) is 3. The Morgan fingerprint density at radius 2 is 1.85 bits per heavy atom. The van der Waals surface area contributed by atoms with Crippen LogP contribution in [0.4, 0.5) is 0 Å². The summed E-state index contributed by atoms with van der Waals surface area (Å²) >= 11 is 0. The van der Waals surface area contributed by atoms with Crippen LogP contribution >= 0.6 is 8.25 Å². The zero-order chi connectivity index (χ0) is 10.9. The second-order valence-electron chi connectivity index (χ2n) is 2.32. The zero-order valence-electron chi connectivity index (χ0n) is 8.06. The average Bonchev–Trinajstić information content (AvgIpc) is 2.03. The van der Waals surface area contributed by atoms with Gasteiger partial charge in [-0.2, -0.15) is 0 Å². The Morgan fingerprint density at radius 3 is 1.92 bits per heavy atom. The third-order valence-electron chi connectivity index (χ3n) is 1.10. The molecule has 0 aliphatic carbocycles. The van der Waals surface area contributed by atoms with E-state index in [0.29, 0.717) is 0 Å². The molecule has 0 saturated carbocycles. The van der Waals surface area contributed by atoms with Gasteiger partial charge in [-0.15, -0.1) is 9.42 Å². The molecule has 0 rings (SSSR count). The van der Waals surface area contributed by atoms with E-state index < -0.39 is 20.3 Å². The molecule has 2 unspecified atom stereocenters. The Hall–Kier alpha value is -0.510. The Bertz CT molecular complexity index is 157. The Balaban J connectivity index is 0. The van der Waals surface area contributed by atoms with E-state index in [2.05, 4.69) is 18.4 Å². The maximum atomic E-state index is 9.87. The van der Waals surface area contributed by atoms with Gasteiger partial charge in [0.1, 0.15) is 0 Å². The van der Waals surface area contributed by atoms with Gasteiger partial charge < -0.3 is 5.11 Å². The Morgan fingerprint density at radius 1 is 1.46 bits per heavy atom. The molecule has 0 aromatic heterocycles. The van der Waals surface area contributed by atoms with Gasteiger partial charge >= 0.3 is 14.2 Å². The van der Waals surface area contributed by atoms with Crippen molar-refractivity contribution in [2.24, 2.45) is 0 Å². The summed E-state index contributed by atoms with van der Waals surface area (Å²) in [6.07, 6.45) is 1.42. The lowest BCUT2D eigenvalue weighted by atomic mass is 10.4. The van der Waals surface area contributed by atoms with E-state index >= 15 is 0 Å². The van der Waals surface area contributed by atoms with Gasteiger partial charge in [0.25, 0.3) is 0 Å². The van der Waals surface area contributed by atoms with Gasteiger partial charge in [-0.05, 0) is 6.92 Å². The highest BCUT2D eigenvalue weighted by Crippen LogP contribution is 2.17. The minimum absolute atomic E-state index is 1.17. The summed E-state index contributed by atoms with van der Waals surface area (Å²) in [4.78, 5) is 17.9. The highest BCUT2D eigenvalue weighted by molar-refractivity contribution is 7.32. The standard InChI is InChI=1S/C4H10.C3H5O5P/c1-3-4-2;1-2(3(4)5)8-9(6)7/h3-4H2,1-2H3;2H,1H3,(H-,4,5,6,7)/p+1. The molecule has 0 aromatic carbocycles. The molecule has 0 amide bonds. The topological polar surface area (TPSA) is 83.8 Å². The second kappa shape index (κ2) is 9.58. The van der Waals surface area contributed by atoms with Crippen LogP contribution in [-0.4, -0.2) is 22.1 Å². The zero-order valence-corrected chi connectivity index (χ0v) is 8.95. The first kappa shape index (κ1) is 15.0. The van der Waals surface area contributed by atoms with Gasteiger partial charge in [0.05, 0.1) is 0 Å². The van der Waals surface area contributed by atoms with Crippen molar-refractivity contribution in [3.05, 3.63) is 0 Å². The maximum Gasteiger partial charge on any atom is 0.695 e. The molecule has 0 aliphatic rings. The summed E-state index contributed by atoms with van der Waals surface area (Å²) in [6, 6.07) is 0. The predicted octanol–water partition coefficient (Wildman–Crippen LogP) is 1.93. The largest absolute Gasteiger partial charge is 0.695 e. The third kappa shape index (κ3) is 14.4. The molecular formula is C7H16O5P+. The maximum absolute atomic E-state index is 9.87. The van der Waals surface area contributed by atoms with Crippen molar-refractivity contribution < 1.29 is 23.9 Å².